The van der Waals surface area contributed by atoms with E-state index in [1.807, 2.05) is 11.3 Å². The standard InChI is InChI=1S/C18H23NOS/c1-3-13-8-10-21-18(13)12-19-16(4-2)14-5-6-17-15(11-14)7-9-20-17/h5-6,8,10-11,16,19H,3-4,7,9,12H2,1-2H3. The van der Waals surface area contributed by atoms with Crippen molar-refractivity contribution in [3.05, 3.63) is 51.2 Å². The molecule has 1 N–H and O–H groups in total. The maximum atomic E-state index is 5.60. The van der Waals surface area contributed by atoms with Crippen molar-refractivity contribution in [3.63, 3.8) is 0 Å². The number of benzene rings is 1. The van der Waals surface area contributed by atoms with Crippen molar-refractivity contribution in [1.29, 1.82) is 0 Å². The Hall–Kier alpha value is -1.32. The highest BCUT2D eigenvalue weighted by Crippen LogP contribution is 2.29. The van der Waals surface area contributed by atoms with E-state index < -0.39 is 0 Å². The first kappa shape index (κ1) is 14.6. The quantitative estimate of drug-likeness (QED) is 0.849. The summed E-state index contributed by atoms with van der Waals surface area (Å²) < 4.78 is 5.60. The fraction of sp³-hybridized carbons (Fsp3) is 0.444. The molecule has 0 bridgehead atoms. The largest absolute Gasteiger partial charge is 0.493 e. The molecule has 21 heavy (non-hydrogen) atoms. The molecule has 1 aliphatic rings. The summed E-state index contributed by atoms with van der Waals surface area (Å²) in [6.45, 7) is 6.27. The number of rotatable bonds is 6. The highest BCUT2D eigenvalue weighted by atomic mass is 32.1. The number of nitrogens with one attached hydrogen (secondary N) is 1. The lowest BCUT2D eigenvalue weighted by Gasteiger charge is -2.18. The number of fused-ring (bicyclic) bond motifs is 1. The minimum atomic E-state index is 0.419. The molecule has 0 saturated carbocycles. The van der Waals surface area contributed by atoms with Gasteiger partial charge in [0.1, 0.15) is 5.75 Å². The Kier molecular flexibility index (Phi) is 4.61. The lowest BCUT2D eigenvalue weighted by atomic mass is 10.0. The van der Waals surface area contributed by atoms with Crippen molar-refractivity contribution >= 4 is 11.3 Å². The summed E-state index contributed by atoms with van der Waals surface area (Å²) >= 11 is 1.86. The van der Waals surface area contributed by atoms with E-state index in [1.165, 1.54) is 21.6 Å². The first-order valence-electron chi connectivity index (χ1n) is 7.86. The Labute approximate surface area is 131 Å². The Balaban J connectivity index is 1.70. The van der Waals surface area contributed by atoms with E-state index in [2.05, 4.69) is 48.8 Å². The van der Waals surface area contributed by atoms with Crippen LogP contribution in [0, 0.1) is 0 Å². The Morgan fingerprint density at radius 3 is 3.00 bits per heavy atom. The van der Waals surface area contributed by atoms with Crippen molar-refractivity contribution in [2.24, 2.45) is 0 Å². The lowest BCUT2D eigenvalue weighted by Crippen LogP contribution is -2.20. The summed E-state index contributed by atoms with van der Waals surface area (Å²) in [7, 11) is 0. The monoisotopic (exact) mass is 301 g/mol. The van der Waals surface area contributed by atoms with Gasteiger partial charge in [0.25, 0.3) is 0 Å². The van der Waals surface area contributed by atoms with E-state index in [1.54, 1.807) is 0 Å². The molecule has 2 nitrogen and oxygen atoms in total. The molecule has 2 heterocycles. The normalized spacial score (nSPS) is 14.8. The molecule has 112 valence electrons. The second-order valence-electron chi connectivity index (χ2n) is 5.53. The topological polar surface area (TPSA) is 21.3 Å². The molecular formula is C18H23NOS. The Morgan fingerprint density at radius 1 is 1.29 bits per heavy atom. The van der Waals surface area contributed by atoms with Gasteiger partial charge in [-0.3, -0.25) is 0 Å². The zero-order chi connectivity index (χ0) is 14.7. The molecule has 0 spiro atoms. The molecule has 1 aromatic carbocycles. The van der Waals surface area contributed by atoms with Gasteiger partial charge in [0.15, 0.2) is 0 Å². The maximum Gasteiger partial charge on any atom is 0.122 e. The van der Waals surface area contributed by atoms with E-state index in [4.69, 9.17) is 4.74 Å². The van der Waals surface area contributed by atoms with Gasteiger partial charge in [0, 0.05) is 23.9 Å². The van der Waals surface area contributed by atoms with Crippen molar-refractivity contribution in [3.8, 4) is 5.75 Å². The maximum absolute atomic E-state index is 5.60. The molecular weight excluding hydrogens is 278 g/mol. The number of hydrogen-bond acceptors (Lipinski definition) is 3. The van der Waals surface area contributed by atoms with Gasteiger partial charge in [-0.25, -0.2) is 0 Å². The van der Waals surface area contributed by atoms with E-state index in [9.17, 15) is 0 Å². The van der Waals surface area contributed by atoms with Crippen LogP contribution in [-0.2, 0) is 19.4 Å². The van der Waals surface area contributed by atoms with Crippen molar-refractivity contribution < 1.29 is 4.74 Å². The third-order valence-electron chi connectivity index (χ3n) is 4.25. The first-order chi connectivity index (χ1) is 10.3. The number of hydrogen-bond donors (Lipinski definition) is 1. The Bertz CT molecular complexity index is 605. The molecule has 0 fully saturated rings. The molecule has 0 saturated heterocycles. The van der Waals surface area contributed by atoms with Crippen LogP contribution >= 0.6 is 11.3 Å². The van der Waals surface area contributed by atoms with Gasteiger partial charge in [-0.1, -0.05) is 26.0 Å². The fourth-order valence-electron chi connectivity index (χ4n) is 2.97. The minimum absolute atomic E-state index is 0.419. The molecule has 0 amide bonds. The summed E-state index contributed by atoms with van der Waals surface area (Å²) in [5.74, 6) is 1.07. The smallest absolute Gasteiger partial charge is 0.122 e. The molecule has 1 atom stereocenters. The second kappa shape index (κ2) is 6.63. The van der Waals surface area contributed by atoms with Crippen LogP contribution in [0.15, 0.2) is 29.6 Å². The third-order valence-corrected chi connectivity index (χ3v) is 5.21. The van der Waals surface area contributed by atoms with E-state index in [0.29, 0.717) is 6.04 Å². The van der Waals surface area contributed by atoms with Crippen molar-refractivity contribution in [2.75, 3.05) is 6.61 Å². The molecule has 1 unspecified atom stereocenters. The van der Waals surface area contributed by atoms with E-state index in [-0.39, 0.29) is 0 Å². The third kappa shape index (κ3) is 3.14. The van der Waals surface area contributed by atoms with Crippen LogP contribution in [0.4, 0.5) is 0 Å². The first-order valence-corrected chi connectivity index (χ1v) is 8.74. The second-order valence-corrected chi connectivity index (χ2v) is 6.53. The van der Waals surface area contributed by atoms with Gasteiger partial charge in [-0.15, -0.1) is 11.3 Å². The number of thiophene rings is 1. The molecule has 3 rings (SSSR count). The highest BCUT2D eigenvalue weighted by Gasteiger charge is 2.16. The zero-order valence-corrected chi connectivity index (χ0v) is 13.6. The molecule has 2 aromatic rings. The fourth-order valence-corrected chi connectivity index (χ4v) is 3.90. The molecule has 1 aromatic heterocycles. The summed E-state index contributed by atoms with van der Waals surface area (Å²) in [6.07, 6.45) is 3.27. The molecule has 1 aliphatic heterocycles. The lowest BCUT2D eigenvalue weighted by molar-refractivity contribution is 0.356. The van der Waals surface area contributed by atoms with Gasteiger partial charge in [0.05, 0.1) is 6.61 Å². The number of ether oxygens (including phenoxy) is 1. The van der Waals surface area contributed by atoms with Crippen LogP contribution in [0.25, 0.3) is 0 Å². The van der Waals surface area contributed by atoms with Crippen molar-refractivity contribution in [2.45, 2.75) is 45.7 Å². The van der Waals surface area contributed by atoms with Gasteiger partial charge in [0.2, 0.25) is 0 Å². The summed E-state index contributed by atoms with van der Waals surface area (Å²) in [6, 6.07) is 9.32. The summed E-state index contributed by atoms with van der Waals surface area (Å²) in [5, 5.41) is 5.92. The zero-order valence-electron chi connectivity index (χ0n) is 12.8. The van der Waals surface area contributed by atoms with Gasteiger partial charge in [-0.2, -0.15) is 0 Å². The predicted octanol–water partition coefficient (Wildman–Crippen LogP) is 4.49. The number of aryl methyl sites for hydroxylation is 1. The molecule has 0 radical (unpaired) electrons. The van der Waals surface area contributed by atoms with Crippen LogP contribution in [0.2, 0.25) is 0 Å². The van der Waals surface area contributed by atoms with E-state index in [0.717, 1.165) is 38.2 Å². The van der Waals surface area contributed by atoms with Gasteiger partial charge < -0.3 is 10.1 Å². The van der Waals surface area contributed by atoms with Crippen LogP contribution in [0.3, 0.4) is 0 Å². The summed E-state index contributed by atoms with van der Waals surface area (Å²) in [5.41, 5.74) is 4.22. The van der Waals surface area contributed by atoms with E-state index >= 15 is 0 Å². The molecule has 3 heteroatoms. The van der Waals surface area contributed by atoms with Crippen molar-refractivity contribution in [1.82, 2.24) is 5.32 Å². The molecule has 0 aliphatic carbocycles. The average Bonchev–Trinajstić information content (AvgIpc) is 3.15. The predicted molar refractivity (Wildman–Crippen MR) is 89.2 cm³/mol. The average molecular weight is 301 g/mol. The van der Waals surface area contributed by atoms with Crippen LogP contribution in [-0.4, -0.2) is 6.61 Å². The minimum Gasteiger partial charge on any atom is -0.493 e. The Morgan fingerprint density at radius 2 is 2.19 bits per heavy atom. The highest BCUT2D eigenvalue weighted by molar-refractivity contribution is 7.10. The van der Waals surface area contributed by atoms with Gasteiger partial charge >= 0.3 is 0 Å². The van der Waals surface area contributed by atoms with Crippen LogP contribution < -0.4 is 10.1 Å². The summed E-state index contributed by atoms with van der Waals surface area (Å²) in [4.78, 5) is 1.47. The van der Waals surface area contributed by atoms with Crippen LogP contribution in [0.1, 0.15) is 47.9 Å². The van der Waals surface area contributed by atoms with Crippen LogP contribution in [0.5, 0.6) is 5.75 Å². The SMILES string of the molecule is CCc1ccsc1CNC(CC)c1ccc2c(c1)CCO2. The van der Waals surface area contributed by atoms with Gasteiger partial charge in [-0.05, 0) is 47.0 Å².